The second kappa shape index (κ2) is 3.83. The molecule has 0 unspecified atom stereocenters. The smallest absolute Gasteiger partial charge is 0.257 e. The predicted molar refractivity (Wildman–Crippen MR) is 51.2 cm³/mol. The van der Waals surface area contributed by atoms with Crippen LogP contribution in [-0.2, 0) is 16.6 Å². The maximum Gasteiger partial charge on any atom is 0.257 e. The molecular formula is C7H9N5O2S. The van der Waals surface area contributed by atoms with Gasteiger partial charge in [0.05, 0.1) is 18.7 Å². The van der Waals surface area contributed by atoms with Crippen molar-refractivity contribution in [3.63, 3.8) is 0 Å². The lowest BCUT2D eigenvalue weighted by Gasteiger charge is -2.01. The molecule has 7 nitrogen and oxygen atoms in total. The van der Waals surface area contributed by atoms with Gasteiger partial charge in [-0.25, -0.2) is 18.1 Å². The second-order valence-electron chi connectivity index (χ2n) is 2.85. The fraction of sp³-hybridized carbons (Fsp3) is 0.143. The molecule has 0 saturated heterocycles. The minimum atomic E-state index is -3.50. The third-order valence-electron chi connectivity index (χ3n) is 1.78. The molecule has 0 aliphatic carbocycles. The number of nitrogens with one attached hydrogen (secondary N) is 3. The van der Waals surface area contributed by atoms with Crippen LogP contribution in [0.2, 0.25) is 0 Å². The van der Waals surface area contributed by atoms with Gasteiger partial charge >= 0.3 is 0 Å². The standard InChI is InChI=1S/C7H9N5O2S/c13-15(14,7-4-8-5-9-7)12-3-6-1-10-11-2-6/h1-2,4-5,12H,3H2,(H,8,9)(H,10,11). The Hall–Kier alpha value is -1.67. The molecule has 0 aliphatic rings. The van der Waals surface area contributed by atoms with Crippen molar-refractivity contribution in [1.29, 1.82) is 0 Å². The van der Waals surface area contributed by atoms with Crippen molar-refractivity contribution < 1.29 is 8.42 Å². The lowest BCUT2D eigenvalue weighted by molar-refractivity contribution is 0.578. The summed E-state index contributed by atoms with van der Waals surface area (Å²) in [6.45, 7) is 0.192. The maximum atomic E-state index is 11.6. The third kappa shape index (κ3) is 2.22. The highest BCUT2D eigenvalue weighted by Crippen LogP contribution is 2.03. The summed E-state index contributed by atoms with van der Waals surface area (Å²) in [5, 5.41) is 6.35. The molecule has 8 heteroatoms. The van der Waals surface area contributed by atoms with Gasteiger partial charge in [0.2, 0.25) is 0 Å². The van der Waals surface area contributed by atoms with Crippen molar-refractivity contribution in [2.75, 3.05) is 0 Å². The summed E-state index contributed by atoms with van der Waals surface area (Å²) < 4.78 is 25.6. The van der Waals surface area contributed by atoms with E-state index >= 15 is 0 Å². The Morgan fingerprint density at radius 1 is 1.40 bits per heavy atom. The van der Waals surface area contributed by atoms with Gasteiger partial charge in [-0.1, -0.05) is 0 Å². The van der Waals surface area contributed by atoms with Crippen LogP contribution in [0.5, 0.6) is 0 Å². The zero-order chi connectivity index (χ0) is 10.7. The van der Waals surface area contributed by atoms with E-state index in [-0.39, 0.29) is 11.6 Å². The van der Waals surface area contributed by atoms with Gasteiger partial charge in [-0.2, -0.15) is 5.10 Å². The monoisotopic (exact) mass is 227 g/mol. The Morgan fingerprint density at radius 2 is 2.27 bits per heavy atom. The van der Waals surface area contributed by atoms with E-state index in [0.29, 0.717) is 0 Å². The average Bonchev–Trinajstić information content (AvgIpc) is 2.88. The number of H-pyrrole nitrogens is 2. The Balaban J connectivity index is 2.06. The lowest BCUT2D eigenvalue weighted by Crippen LogP contribution is -2.23. The average molecular weight is 227 g/mol. The SMILES string of the molecule is O=S(=O)(NCc1cn[nH]c1)c1cnc[nH]1. The first kappa shape index (κ1) is 9.87. The minimum Gasteiger partial charge on any atom is -0.335 e. The van der Waals surface area contributed by atoms with Crippen LogP contribution in [0.3, 0.4) is 0 Å². The molecule has 0 atom stereocenters. The van der Waals surface area contributed by atoms with Crippen LogP contribution in [0.1, 0.15) is 5.56 Å². The van der Waals surface area contributed by atoms with E-state index in [1.54, 1.807) is 12.4 Å². The van der Waals surface area contributed by atoms with Crippen molar-refractivity contribution in [3.8, 4) is 0 Å². The molecule has 0 fully saturated rings. The molecule has 2 aromatic heterocycles. The number of rotatable bonds is 4. The van der Waals surface area contributed by atoms with Crippen LogP contribution < -0.4 is 4.72 Å². The van der Waals surface area contributed by atoms with Crippen molar-refractivity contribution >= 4 is 10.0 Å². The number of aromatic amines is 2. The largest absolute Gasteiger partial charge is 0.335 e. The number of aromatic nitrogens is 4. The van der Waals surface area contributed by atoms with E-state index in [9.17, 15) is 8.42 Å². The van der Waals surface area contributed by atoms with E-state index < -0.39 is 10.0 Å². The summed E-state index contributed by atoms with van der Waals surface area (Å²) in [6, 6.07) is 0. The highest BCUT2D eigenvalue weighted by molar-refractivity contribution is 7.89. The molecule has 2 aromatic rings. The van der Waals surface area contributed by atoms with Crippen LogP contribution in [0, 0.1) is 0 Å². The highest BCUT2D eigenvalue weighted by atomic mass is 32.2. The Morgan fingerprint density at radius 3 is 2.87 bits per heavy atom. The van der Waals surface area contributed by atoms with Gasteiger partial charge in [-0.3, -0.25) is 5.10 Å². The summed E-state index contributed by atoms with van der Waals surface area (Å²) in [5.74, 6) is 0. The van der Waals surface area contributed by atoms with E-state index in [4.69, 9.17) is 0 Å². The normalized spacial score (nSPS) is 11.7. The molecule has 0 saturated carbocycles. The first-order valence-corrected chi connectivity index (χ1v) is 5.62. The zero-order valence-electron chi connectivity index (χ0n) is 7.64. The van der Waals surface area contributed by atoms with Gasteiger partial charge in [-0.15, -0.1) is 0 Å². The van der Waals surface area contributed by atoms with Gasteiger partial charge in [-0.05, 0) is 0 Å². The number of hydrogen-bond donors (Lipinski definition) is 3. The topological polar surface area (TPSA) is 104 Å². The number of sulfonamides is 1. The summed E-state index contributed by atoms with van der Waals surface area (Å²) in [5.41, 5.74) is 0.762. The molecule has 2 heterocycles. The van der Waals surface area contributed by atoms with Gasteiger partial charge in [0.15, 0.2) is 5.03 Å². The van der Waals surface area contributed by atoms with Gasteiger partial charge in [0, 0.05) is 18.3 Å². The number of hydrogen-bond acceptors (Lipinski definition) is 4. The molecular weight excluding hydrogens is 218 g/mol. The van der Waals surface area contributed by atoms with Gasteiger partial charge in [0.1, 0.15) is 0 Å². The predicted octanol–water partition coefficient (Wildman–Crippen LogP) is -0.389. The molecule has 0 aromatic carbocycles. The van der Waals surface area contributed by atoms with Crippen LogP contribution in [0.15, 0.2) is 29.9 Å². The van der Waals surface area contributed by atoms with E-state index in [2.05, 4.69) is 24.9 Å². The van der Waals surface area contributed by atoms with E-state index in [0.717, 1.165) is 5.56 Å². The summed E-state index contributed by atoms with van der Waals surface area (Å²) in [4.78, 5) is 6.16. The first-order valence-electron chi connectivity index (χ1n) is 4.14. The zero-order valence-corrected chi connectivity index (χ0v) is 8.45. The molecule has 0 radical (unpaired) electrons. The Bertz CT molecular complexity index is 502. The van der Waals surface area contributed by atoms with Crippen LogP contribution >= 0.6 is 0 Å². The Labute approximate surface area is 86.0 Å². The molecule has 0 bridgehead atoms. The van der Waals surface area contributed by atoms with Crippen LogP contribution in [-0.4, -0.2) is 28.6 Å². The minimum absolute atomic E-state index is 0.0472. The third-order valence-corrected chi connectivity index (χ3v) is 3.11. The van der Waals surface area contributed by atoms with E-state index in [1.807, 2.05) is 0 Å². The fourth-order valence-corrected chi connectivity index (χ4v) is 1.94. The summed E-state index contributed by atoms with van der Waals surface area (Å²) in [7, 11) is -3.50. The number of nitrogens with zero attached hydrogens (tertiary/aromatic N) is 2. The summed E-state index contributed by atoms with van der Waals surface area (Å²) in [6.07, 6.45) is 5.73. The first-order chi connectivity index (χ1) is 7.18. The Kier molecular flexibility index (Phi) is 2.52. The number of imidazole rings is 1. The second-order valence-corrected chi connectivity index (χ2v) is 4.58. The van der Waals surface area contributed by atoms with Crippen molar-refractivity contribution in [2.45, 2.75) is 11.6 Å². The quantitative estimate of drug-likeness (QED) is 0.661. The molecule has 2 rings (SSSR count). The van der Waals surface area contributed by atoms with Crippen LogP contribution in [0.4, 0.5) is 0 Å². The van der Waals surface area contributed by atoms with E-state index in [1.165, 1.54) is 12.5 Å². The molecule has 80 valence electrons. The van der Waals surface area contributed by atoms with Gasteiger partial charge in [0.25, 0.3) is 10.0 Å². The highest BCUT2D eigenvalue weighted by Gasteiger charge is 2.14. The maximum absolute atomic E-state index is 11.6. The summed E-state index contributed by atoms with van der Waals surface area (Å²) >= 11 is 0. The molecule has 0 aliphatic heterocycles. The van der Waals surface area contributed by atoms with Crippen molar-refractivity contribution in [2.24, 2.45) is 0 Å². The van der Waals surface area contributed by atoms with Crippen molar-refractivity contribution in [1.82, 2.24) is 24.9 Å². The molecule has 0 amide bonds. The van der Waals surface area contributed by atoms with Crippen molar-refractivity contribution in [3.05, 3.63) is 30.5 Å². The van der Waals surface area contributed by atoms with Gasteiger partial charge < -0.3 is 4.98 Å². The molecule has 15 heavy (non-hydrogen) atoms. The lowest BCUT2D eigenvalue weighted by atomic mass is 10.4. The van der Waals surface area contributed by atoms with Crippen LogP contribution in [0.25, 0.3) is 0 Å². The molecule has 0 spiro atoms. The molecule has 3 N–H and O–H groups in total. The fourth-order valence-electron chi connectivity index (χ4n) is 1.02.